The normalized spacial score (nSPS) is 38.4. The largest absolute Gasteiger partial charge is 0.160 e. The minimum Gasteiger partial charge on any atom is -0.160 e. The van der Waals surface area contributed by atoms with Crippen molar-refractivity contribution in [2.45, 2.75) is 118 Å². The maximum atomic E-state index is 4.45. The number of nitrogens with zero attached hydrogens (tertiary/aromatic N) is 2. The lowest BCUT2D eigenvalue weighted by Gasteiger charge is -2.36. The van der Waals surface area contributed by atoms with Crippen LogP contribution < -0.4 is 0 Å². The quantitative estimate of drug-likeness (QED) is 0.468. The summed E-state index contributed by atoms with van der Waals surface area (Å²) in [5, 5.41) is 8.73. The van der Waals surface area contributed by atoms with Gasteiger partial charge in [0.1, 0.15) is 0 Å². The molecule has 28 heavy (non-hydrogen) atoms. The van der Waals surface area contributed by atoms with E-state index in [9.17, 15) is 0 Å². The summed E-state index contributed by atoms with van der Waals surface area (Å²) in [5.41, 5.74) is 2.55. The zero-order valence-electron chi connectivity index (χ0n) is 19.3. The van der Waals surface area contributed by atoms with Gasteiger partial charge >= 0.3 is 0 Å². The van der Waals surface area contributed by atoms with E-state index in [-0.39, 0.29) is 0 Å². The zero-order valence-corrected chi connectivity index (χ0v) is 19.3. The van der Waals surface area contributed by atoms with Gasteiger partial charge in [0.05, 0.1) is 0 Å². The van der Waals surface area contributed by atoms with Gasteiger partial charge in [0.2, 0.25) is 0 Å². The average molecular weight is 387 g/mol. The monoisotopic (exact) mass is 386 g/mol. The smallest absolute Gasteiger partial charge is 0.0462 e. The summed E-state index contributed by atoms with van der Waals surface area (Å²) in [6, 6.07) is 0. The van der Waals surface area contributed by atoms with Crippen molar-refractivity contribution in [1.29, 1.82) is 0 Å². The van der Waals surface area contributed by atoms with Crippen molar-refractivity contribution in [3.8, 4) is 0 Å². The first-order chi connectivity index (χ1) is 13.5. The summed E-state index contributed by atoms with van der Waals surface area (Å²) in [4.78, 5) is 0. The second-order valence-electron chi connectivity index (χ2n) is 10.8. The Morgan fingerprint density at radius 3 is 2.25 bits per heavy atom. The predicted molar refractivity (Wildman–Crippen MR) is 123 cm³/mol. The van der Waals surface area contributed by atoms with Crippen LogP contribution in [0.25, 0.3) is 0 Å². The minimum absolute atomic E-state index is 0.914. The summed E-state index contributed by atoms with van der Waals surface area (Å²) < 4.78 is 0. The van der Waals surface area contributed by atoms with Gasteiger partial charge in [-0.1, -0.05) is 65.7 Å². The lowest BCUT2D eigenvalue weighted by molar-refractivity contribution is 0.146. The highest BCUT2D eigenvalue weighted by molar-refractivity contribution is 6.06. The Labute approximate surface area is 175 Å². The van der Waals surface area contributed by atoms with Gasteiger partial charge in [0.25, 0.3) is 0 Å². The first kappa shape index (κ1) is 22.0. The van der Waals surface area contributed by atoms with Gasteiger partial charge in [0, 0.05) is 17.8 Å². The SMILES string of the molecule is CC1=NN=C(CCC2CCCCCCC(C)C(C)C3CCC(C)CC2CC3)C1. The van der Waals surface area contributed by atoms with E-state index < -0.39 is 0 Å². The van der Waals surface area contributed by atoms with Crippen LogP contribution in [0.4, 0.5) is 0 Å². The molecule has 2 aliphatic carbocycles. The molecule has 160 valence electrons. The van der Waals surface area contributed by atoms with Gasteiger partial charge in [-0.05, 0) is 81.0 Å². The van der Waals surface area contributed by atoms with Crippen molar-refractivity contribution >= 4 is 11.4 Å². The molecule has 6 atom stereocenters. The van der Waals surface area contributed by atoms with Gasteiger partial charge in [-0.3, -0.25) is 0 Å². The van der Waals surface area contributed by atoms with Crippen molar-refractivity contribution in [1.82, 2.24) is 0 Å². The average Bonchev–Trinajstić information content (AvgIpc) is 3.08. The minimum atomic E-state index is 0.914. The second-order valence-corrected chi connectivity index (χ2v) is 10.8. The van der Waals surface area contributed by atoms with Crippen LogP contribution in [0.15, 0.2) is 10.2 Å². The van der Waals surface area contributed by atoms with Crippen LogP contribution in [0.1, 0.15) is 118 Å². The first-order valence-electron chi connectivity index (χ1n) is 12.6. The van der Waals surface area contributed by atoms with Crippen molar-refractivity contribution in [2.75, 3.05) is 0 Å². The second kappa shape index (κ2) is 10.9. The molecule has 0 spiro atoms. The molecule has 1 heterocycles. The Bertz CT molecular complexity index is 535. The fraction of sp³-hybridized carbons (Fsp3) is 0.923. The van der Waals surface area contributed by atoms with E-state index in [2.05, 4.69) is 37.9 Å². The van der Waals surface area contributed by atoms with Gasteiger partial charge in [-0.15, -0.1) is 0 Å². The van der Waals surface area contributed by atoms with Gasteiger partial charge in [0.15, 0.2) is 0 Å². The van der Waals surface area contributed by atoms with Crippen LogP contribution in [0, 0.1) is 35.5 Å². The number of fused-ring (bicyclic) bond motifs is 3. The van der Waals surface area contributed by atoms with Crippen LogP contribution in [-0.4, -0.2) is 11.4 Å². The molecule has 2 fully saturated rings. The number of hydrogen-bond acceptors (Lipinski definition) is 2. The molecule has 0 aromatic carbocycles. The summed E-state index contributed by atoms with van der Waals surface area (Å²) in [5.74, 6) is 5.58. The Balaban J connectivity index is 1.68. The molecular formula is C26H46N2. The van der Waals surface area contributed by atoms with Crippen molar-refractivity contribution in [2.24, 2.45) is 45.7 Å². The fourth-order valence-corrected chi connectivity index (χ4v) is 6.36. The molecule has 1 aliphatic heterocycles. The lowest BCUT2D eigenvalue weighted by atomic mass is 9.69. The van der Waals surface area contributed by atoms with Crippen LogP contribution in [0.3, 0.4) is 0 Å². The highest BCUT2D eigenvalue weighted by Crippen LogP contribution is 2.41. The lowest BCUT2D eigenvalue weighted by Crippen LogP contribution is -2.26. The Kier molecular flexibility index (Phi) is 8.60. The molecule has 0 aromatic rings. The number of hydrogen-bond donors (Lipinski definition) is 0. The van der Waals surface area contributed by atoms with Gasteiger partial charge in [-0.25, -0.2) is 0 Å². The fourth-order valence-electron chi connectivity index (χ4n) is 6.36. The van der Waals surface area contributed by atoms with E-state index in [1.807, 2.05) is 0 Å². The molecule has 2 nitrogen and oxygen atoms in total. The highest BCUT2D eigenvalue weighted by atomic mass is 15.2. The highest BCUT2D eigenvalue weighted by Gasteiger charge is 2.30. The summed E-state index contributed by atoms with van der Waals surface area (Å²) >= 11 is 0. The van der Waals surface area contributed by atoms with E-state index in [1.54, 1.807) is 0 Å². The Hall–Kier alpha value is -0.660. The molecule has 3 rings (SSSR count). The van der Waals surface area contributed by atoms with Crippen LogP contribution in [0.2, 0.25) is 0 Å². The molecule has 0 radical (unpaired) electrons. The maximum Gasteiger partial charge on any atom is 0.0462 e. The summed E-state index contributed by atoms with van der Waals surface area (Å²) in [6.07, 6.45) is 19.7. The Morgan fingerprint density at radius 1 is 0.786 bits per heavy atom. The third kappa shape index (κ3) is 6.42. The van der Waals surface area contributed by atoms with E-state index in [0.29, 0.717) is 0 Å². The number of rotatable bonds is 3. The third-order valence-electron chi connectivity index (χ3n) is 8.56. The molecule has 2 bridgehead atoms. The van der Waals surface area contributed by atoms with Crippen LogP contribution in [0.5, 0.6) is 0 Å². The van der Waals surface area contributed by atoms with E-state index >= 15 is 0 Å². The topological polar surface area (TPSA) is 24.7 Å². The maximum absolute atomic E-state index is 4.45. The first-order valence-corrected chi connectivity index (χ1v) is 12.6. The van der Waals surface area contributed by atoms with Gasteiger partial charge < -0.3 is 0 Å². The standard InChI is InChI=1S/C26H46N2/c1-19-11-12-23-13-14-25(17-19)24(15-16-26-18-21(3)27-28-26)10-8-6-5-7-9-20(2)22(23)4/h19-20,22-25H,5-18H2,1-4H3. The summed E-state index contributed by atoms with van der Waals surface area (Å²) in [6.45, 7) is 9.78. The molecule has 0 amide bonds. The van der Waals surface area contributed by atoms with Crippen molar-refractivity contribution < 1.29 is 0 Å². The van der Waals surface area contributed by atoms with Crippen LogP contribution >= 0.6 is 0 Å². The molecule has 2 heteroatoms. The molecule has 0 aromatic heterocycles. The predicted octanol–water partition coefficient (Wildman–Crippen LogP) is 8.06. The zero-order chi connectivity index (χ0) is 19.9. The van der Waals surface area contributed by atoms with E-state index in [0.717, 1.165) is 41.9 Å². The Morgan fingerprint density at radius 2 is 1.50 bits per heavy atom. The molecule has 0 N–H and O–H groups in total. The molecular weight excluding hydrogens is 340 g/mol. The molecule has 0 saturated heterocycles. The summed E-state index contributed by atoms with van der Waals surface area (Å²) in [7, 11) is 0. The van der Waals surface area contributed by atoms with Crippen molar-refractivity contribution in [3.05, 3.63) is 0 Å². The molecule has 2 saturated carbocycles. The van der Waals surface area contributed by atoms with Crippen LogP contribution in [-0.2, 0) is 0 Å². The van der Waals surface area contributed by atoms with Gasteiger partial charge in [-0.2, -0.15) is 10.2 Å². The molecule has 6 unspecified atom stereocenters. The van der Waals surface area contributed by atoms with E-state index in [1.165, 1.54) is 94.9 Å². The van der Waals surface area contributed by atoms with Crippen molar-refractivity contribution in [3.63, 3.8) is 0 Å². The third-order valence-corrected chi connectivity index (χ3v) is 8.56. The molecule has 3 aliphatic rings. The van der Waals surface area contributed by atoms with E-state index in [4.69, 9.17) is 0 Å².